The molecule has 0 saturated heterocycles. The standard InChI is InChI=1S/C8H6N4O4/c9-5(13)3-1-15-7(11-3)4-2-16-8(12-4)6(10)14/h1-2H,(H2,9,13)(H2,10,14). The highest BCUT2D eigenvalue weighted by molar-refractivity contribution is 5.91. The molecule has 0 aromatic carbocycles. The van der Waals surface area contributed by atoms with Gasteiger partial charge in [-0.15, -0.1) is 0 Å². The van der Waals surface area contributed by atoms with E-state index in [1.165, 1.54) is 0 Å². The molecule has 0 spiro atoms. The second-order valence-electron chi connectivity index (χ2n) is 2.80. The molecule has 2 aromatic heterocycles. The first-order chi connectivity index (χ1) is 7.58. The number of hydrogen-bond acceptors (Lipinski definition) is 6. The van der Waals surface area contributed by atoms with Crippen molar-refractivity contribution in [3.05, 3.63) is 24.1 Å². The number of primary amides is 2. The molecular formula is C8H6N4O4. The highest BCUT2D eigenvalue weighted by Gasteiger charge is 2.16. The van der Waals surface area contributed by atoms with Crippen LogP contribution in [-0.4, -0.2) is 21.8 Å². The molecule has 0 saturated carbocycles. The van der Waals surface area contributed by atoms with Crippen LogP contribution in [0.2, 0.25) is 0 Å². The lowest BCUT2D eigenvalue weighted by atomic mass is 10.4. The number of nitrogens with two attached hydrogens (primary N) is 2. The van der Waals surface area contributed by atoms with Gasteiger partial charge in [-0.2, -0.15) is 4.98 Å². The van der Waals surface area contributed by atoms with Crippen molar-refractivity contribution in [2.24, 2.45) is 11.5 Å². The normalized spacial score (nSPS) is 10.2. The average molecular weight is 222 g/mol. The van der Waals surface area contributed by atoms with Crippen molar-refractivity contribution in [3.63, 3.8) is 0 Å². The molecule has 16 heavy (non-hydrogen) atoms. The SMILES string of the molecule is NC(=O)c1coc(-c2coc(C(N)=O)n2)n1. The van der Waals surface area contributed by atoms with Gasteiger partial charge in [0.2, 0.25) is 5.89 Å². The highest BCUT2D eigenvalue weighted by Crippen LogP contribution is 2.17. The summed E-state index contributed by atoms with van der Waals surface area (Å²) in [6.45, 7) is 0. The first-order valence-electron chi connectivity index (χ1n) is 4.09. The summed E-state index contributed by atoms with van der Waals surface area (Å²) in [6, 6.07) is 0. The number of hydrogen-bond donors (Lipinski definition) is 2. The minimum atomic E-state index is -0.812. The first kappa shape index (κ1) is 9.90. The minimum Gasteiger partial charge on any atom is -0.442 e. The Kier molecular flexibility index (Phi) is 2.16. The van der Waals surface area contributed by atoms with E-state index in [0.29, 0.717) is 0 Å². The summed E-state index contributed by atoms with van der Waals surface area (Å²) in [5.41, 5.74) is 10.0. The maximum absolute atomic E-state index is 10.7. The molecule has 0 radical (unpaired) electrons. The molecule has 0 atom stereocenters. The van der Waals surface area contributed by atoms with E-state index >= 15 is 0 Å². The van der Waals surface area contributed by atoms with E-state index in [4.69, 9.17) is 20.3 Å². The van der Waals surface area contributed by atoms with Gasteiger partial charge in [-0.1, -0.05) is 0 Å². The summed E-state index contributed by atoms with van der Waals surface area (Å²) in [5, 5.41) is 0. The fourth-order valence-electron chi connectivity index (χ4n) is 0.990. The van der Waals surface area contributed by atoms with Gasteiger partial charge in [0.05, 0.1) is 0 Å². The topological polar surface area (TPSA) is 138 Å². The fraction of sp³-hybridized carbons (Fsp3) is 0. The molecule has 8 nitrogen and oxygen atoms in total. The second-order valence-corrected chi connectivity index (χ2v) is 2.80. The number of nitrogens with zero attached hydrogens (tertiary/aromatic N) is 2. The number of oxazole rings is 2. The molecular weight excluding hydrogens is 216 g/mol. The van der Waals surface area contributed by atoms with Gasteiger partial charge >= 0.3 is 5.91 Å². The molecule has 4 N–H and O–H groups in total. The lowest BCUT2D eigenvalue weighted by molar-refractivity contribution is 0.0965. The van der Waals surface area contributed by atoms with Crippen molar-refractivity contribution < 1.29 is 18.4 Å². The smallest absolute Gasteiger partial charge is 0.304 e. The Bertz CT molecular complexity index is 506. The van der Waals surface area contributed by atoms with Crippen LogP contribution >= 0.6 is 0 Å². The zero-order valence-electron chi connectivity index (χ0n) is 7.84. The van der Waals surface area contributed by atoms with E-state index < -0.39 is 11.8 Å². The molecule has 0 aliphatic heterocycles. The van der Waals surface area contributed by atoms with Crippen molar-refractivity contribution in [2.45, 2.75) is 0 Å². The van der Waals surface area contributed by atoms with Crippen molar-refractivity contribution in [1.29, 1.82) is 0 Å². The van der Waals surface area contributed by atoms with Crippen molar-refractivity contribution in [1.82, 2.24) is 9.97 Å². The quantitative estimate of drug-likeness (QED) is 0.719. The molecule has 82 valence electrons. The van der Waals surface area contributed by atoms with E-state index in [9.17, 15) is 9.59 Å². The summed E-state index contributed by atoms with van der Waals surface area (Å²) >= 11 is 0. The zero-order chi connectivity index (χ0) is 11.7. The Balaban J connectivity index is 2.35. The fourth-order valence-corrected chi connectivity index (χ4v) is 0.990. The number of rotatable bonds is 3. The summed E-state index contributed by atoms with van der Waals surface area (Å²) in [4.78, 5) is 28.9. The second kappa shape index (κ2) is 3.50. The van der Waals surface area contributed by atoms with Gasteiger partial charge in [0.1, 0.15) is 12.5 Å². The summed E-state index contributed by atoms with van der Waals surface area (Å²) < 4.78 is 9.67. The molecule has 2 aromatic rings. The summed E-state index contributed by atoms with van der Waals surface area (Å²) in [6.07, 6.45) is 2.22. The third-order valence-electron chi connectivity index (χ3n) is 1.69. The Labute approximate surface area is 88.2 Å². The van der Waals surface area contributed by atoms with Crippen LogP contribution in [0.4, 0.5) is 0 Å². The summed E-state index contributed by atoms with van der Waals surface area (Å²) in [7, 11) is 0. The predicted molar refractivity (Wildman–Crippen MR) is 49.0 cm³/mol. The van der Waals surface area contributed by atoms with E-state index in [-0.39, 0.29) is 23.2 Å². The number of carbonyl (C=O) groups excluding carboxylic acids is 2. The molecule has 2 heterocycles. The van der Waals surface area contributed by atoms with Gasteiger partial charge in [-0.3, -0.25) is 9.59 Å². The molecule has 2 amide bonds. The molecule has 8 heteroatoms. The zero-order valence-corrected chi connectivity index (χ0v) is 7.84. The Hall–Kier alpha value is -2.64. The van der Waals surface area contributed by atoms with E-state index in [2.05, 4.69) is 9.97 Å². The first-order valence-corrected chi connectivity index (χ1v) is 4.09. The molecule has 0 aliphatic carbocycles. The minimum absolute atomic E-state index is 0.0186. The average Bonchev–Trinajstić information content (AvgIpc) is 2.86. The monoisotopic (exact) mass is 222 g/mol. The third kappa shape index (κ3) is 1.63. The van der Waals surface area contributed by atoms with E-state index in [1.807, 2.05) is 0 Å². The van der Waals surface area contributed by atoms with Crippen molar-refractivity contribution in [3.8, 4) is 11.6 Å². The van der Waals surface area contributed by atoms with Crippen LogP contribution in [0.5, 0.6) is 0 Å². The largest absolute Gasteiger partial charge is 0.442 e. The Morgan fingerprint density at radius 3 is 2.31 bits per heavy atom. The van der Waals surface area contributed by atoms with Crippen molar-refractivity contribution in [2.75, 3.05) is 0 Å². The van der Waals surface area contributed by atoms with Crippen LogP contribution in [0, 0.1) is 0 Å². The van der Waals surface area contributed by atoms with Crippen molar-refractivity contribution >= 4 is 11.8 Å². The molecule has 0 fully saturated rings. The maximum atomic E-state index is 10.7. The Morgan fingerprint density at radius 1 is 1.06 bits per heavy atom. The van der Waals surface area contributed by atoms with Crippen LogP contribution in [0.1, 0.15) is 21.2 Å². The molecule has 0 bridgehead atoms. The van der Waals surface area contributed by atoms with Crippen LogP contribution in [0.25, 0.3) is 11.6 Å². The molecule has 2 rings (SSSR count). The lowest BCUT2D eigenvalue weighted by Crippen LogP contribution is -2.11. The van der Waals surface area contributed by atoms with Gasteiger partial charge in [-0.25, -0.2) is 4.98 Å². The van der Waals surface area contributed by atoms with Crippen LogP contribution in [0.3, 0.4) is 0 Å². The van der Waals surface area contributed by atoms with E-state index in [1.54, 1.807) is 0 Å². The summed E-state index contributed by atoms with van der Waals surface area (Å²) in [5.74, 6) is -1.79. The predicted octanol–water partition coefficient (Wildman–Crippen LogP) is -0.473. The number of aromatic nitrogens is 2. The number of amides is 2. The molecule has 0 aliphatic rings. The Morgan fingerprint density at radius 2 is 1.81 bits per heavy atom. The van der Waals surface area contributed by atoms with Crippen LogP contribution < -0.4 is 11.5 Å². The number of carbonyl (C=O) groups is 2. The van der Waals surface area contributed by atoms with Gasteiger partial charge in [0.25, 0.3) is 11.8 Å². The molecule has 0 unspecified atom stereocenters. The van der Waals surface area contributed by atoms with Gasteiger partial charge < -0.3 is 20.3 Å². The van der Waals surface area contributed by atoms with E-state index in [0.717, 1.165) is 12.5 Å². The van der Waals surface area contributed by atoms with Gasteiger partial charge in [0.15, 0.2) is 11.4 Å². The highest BCUT2D eigenvalue weighted by atomic mass is 16.4. The van der Waals surface area contributed by atoms with Gasteiger partial charge in [0, 0.05) is 0 Å². The lowest BCUT2D eigenvalue weighted by Gasteiger charge is -1.83. The van der Waals surface area contributed by atoms with Gasteiger partial charge in [-0.05, 0) is 0 Å². The van der Waals surface area contributed by atoms with Crippen LogP contribution in [-0.2, 0) is 0 Å². The maximum Gasteiger partial charge on any atom is 0.304 e. The van der Waals surface area contributed by atoms with Crippen LogP contribution in [0.15, 0.2) is 21.4 Å². The third-order valence-corrected chi connectivity index (χ3v) is 1.69.